The fraction of sp³-hybridized carbons (Fsp3) is 0.500. The summed E-state index contributed by atoms with van der Waals surface area (Å²) in [4.78, 5) is 0. The molecule has 1 atom stereocenters. The van der Waals surface area contributed by atoms with Crippen LogP contribution in [0.15, 0.2) is 24.3 Å². The Kier molecular flexibility index (Phi) is 7.25. The first kappa shape index (κ1) is 17.2. The maximum Gasteiger partial charge on any atom is 0.208 e. The normalized spacial score (nSPS) is 13.2. The number of benzene rings is 1. The molecule has 1 rings (SSSR count). The van der Waals surface area contributed by atoms with Gasteiger partial charge in [0.2, 0.25) is 10.0 Å². The van der Waals surface area contributed by atoms with Gasteiger partial charge in [0.15, 0.2) is 0 Å². The van der Waals surface area contributed by atoms with Crippen molar-refractivity contribution in [1.29, 1.82) is 0 Å². The van der Waals surface area contributed by atoms with Crippen molar-refractivity contribution in [3.05, 3.63) is 29.3 Å². The molecule has 114 valence electrons. The molecule has 0 aliphatic carbocycles. The lowest BCUT2D eigenvalue weighted by atomic mass is 10.3. The molecule has 6 nitrogen and oxygen atoms in total. The topological polar surface area (TPSA) is 87.7 Å². The Labute approximate surface area is 124 Å². The summed E-state index contributed by atoms with van der Waals surface area (Å²) in [5.41, 5.74) is 0. The van der Waals surface area contributed by atoms with Gasteiger partial charge in [0, 0.05) is 24.7 Å². The molecule has 3 N–H and O–H groups in total. The number of halogens is 1. The predicted molar refractivity (Wildman–Crippen MR) is 78.7 cm³/mol. The lowest BCUT2D eigenvalue weighted by Gasteiger charge is -2.13. The van der Waals surface area contributed by atoms with E-state index in [0.717, 1.165) is 6.26 Å². The fourth-order valence-electron chi connectivity index (χ4n) is 1.40. The summed E-state index contributed by atoms with van der Waals surface area (Å²) in [6.45, 7) is 1.15. The van der Waals surface area contributed by atoms with Crippen molar-refractivity contribution in [2.24, 2.45) is 0 Å². The molecule has 1 aromatic rings. The number of ether oxygens (including phenoxy) is 1. The summed E-state index contributed by atoms with van der Waals surface area (Å²) in [7, 11) is -3.16. The molecule has 0 heterocycles. The third-order valence-corrected chi connectivity index (χ3v) is 3.25. The maximum atomic E-state index is 10.8. The molecule has 0 radical (unpaired) electrons. The van der Waals surface area contributed by atoms with E-state index in [9.17, 15) is 13.5 Å². The van der Waals surface area contributed by atoms with Crippen LogP contribution in [0, 0.1) is 0 Å². The van der Waals surface area contributed by atoms with Crippen molar-refractivity contribution >= 4 is 21.6 Å². The van der Waals surface area contributed by atoms with Gasteiger partial charge in [-0.1, -0.05) is 17.7 Å². The summed E-state index contributed by atoms with van der Waals surface area (Å²) >= 11 is 5.80. The van der Waals surface area contributed by atoms with Crippen LogP contribution in [-0.4, -0.2) is 52.1 Å². The minimum absolute atomic E-state index is 0.132. The average molecular weight is 323 g/mol. The molecule has 0 saturated carbocycles. The zero-order chi connectivity index (χ0) is 15.0. The molecule has 1 unspecified atom stereocenters. The van der Waals surface area contributed by atoms with Crippen LogP contribution in [0.1, 0.15) is 0 Å². The third kappa shape index (κ3) is 8.34. The van der Waals surface area contributed by atoms with Crippen LogP contribution < -0.4 is 14.8 Å². The van der Waals surface area contributed by atoms with Crippen molar-refractivity contribution in [2.45, 2.75) is 6.10 Å². The first-order valence-electron chi connectivity index (χ1n) is 6.08. The highest BCUT2D eigenvalue weighted by molar-refractivity contribution is 7.88. The molecule has 0 fully saturated rings. The molecular formula is C12H19ClN2O4S. The number of hydrogen-bond donors (Lipinski definition) is 3. The third-order valence-electron chi connectivity index (χ3n) is 2.28. The van der Waals surface area contributed by atoms with Crippen molar-refractivity contribution in [2.75, 3.05) is 32.5 Å². The van der Waals surface area contributed by atoms with Gasteiger partial charge in [-0.2, -0.15) is 0 Å². The monoisotopic (exact) mass is 322 g/mol. The molecule has 0 spiro atoms. The minimum Gasteiger partial charge on any atom is -0.491 e. The zero-order valence-electron chi connectivity index (χ0n) is 11.2. The highest BCUT2D eigenvalue weighted by Crippen LogP contribution is 2.17. The highest BCUT2D eigenvalue weighted by atomic mass is 35.5. The van der Waals surface area contributed by atoms with Crippen molar-refractivity contribution in [1.82, 2.24) is 10.0 Å². The van der Waals surface area contributed by atoms with E-state index in [-0.39, 0.29) is 13.2 Å². The second-order valence-corrected chi connectivity index (χ2v) is 6.56. The van der Waals surface area contributed by atoms with Crippen LogP contribution in [0.2, 0.25) is 5.02 Å². The van der Waals surface area contributed by atoms with E-state index in [2.05, 4.69) is 10.0 Å². The maximum absolute atomic E-state index is 10.8. The number of sulfonamides is 1. The van der Waals surface area contributed by atoms with Crippen molar-refractivity contribution in [3.63, 3.8) is 0 Å². The molecule has 0 aliphatic rings. The van der Waals surface area contributed by atoms with Crippen LogP contribution in [0.5, 0.6) is 5.75 Å². The second-order valence-electron chi connectivity index (χ2n) is 4.29. The fourth-order valence-corrected chi connectivity index (χ4v) is 2.05. The Hall–Kier alpha value is -0.860. The minimum atomic E-state index is -3.16. The summed E-state index contributed by atoms with van der Waals surface area (Å²) in [5, 5.41) is 13.2. The van der Waals surface area contributed by atoms with Gasteiger partial charge < -0.3 is 15.2 Å². The van der Waals surface area contributed by atoms with Gasteiger partial charge >= 0.3 is 0 Å². The summed E-state index contributed by atoms with van der Waals surface area (Å²) in [6.07, 6.45) is 0.410. The predicted octanol–water partition coefficient (Wildman–Crippen LogP) is 0.219. The van der Waals surface area contributed by atoms with Crippen molar-refractivity contribution < 1.29 is 18.3 Å². The van der Waals surface area contributed by atoms with Crippen LogP contribution in [0.25, 0.3) is 0 Å². The molecule has 0 amide bonds. The SMILES string of the molecule is CS(=O)(=O)NCCNCC(O)COc1cccc(Cl)c1. The van der Waals surface area contributed by atoms with Gasteiger partial charge in [0.05, 0.1) is 6.26 Å². The number of nitrogens with one attached hydrogen (secondary N) is 2. The van der Waals surface area contributed by atoms with E-state index in [0.29, 0.717) is 23.9 Å². The molecule has 0 aromatic heterocycles. The Morgan fingerprint density at radius 2 is 2.15 bits per heavy atom. The molecule has 0 saturated heterocycles. The van der Waals surface area contributed by atoms with E-state index in [1.165, 1.54) is 0 Å². The number of hydrogen-bond acceptors (Lipinski definition) is 5. The zero-order valence-corrected chi connectivity index (χ0v) is 12.7. The quantitative estimate of drug-likeness (QED) is 0.566. The first-order valence-corrected chi connectivity index (χ1v) is 8.35. The number of rotatable bonds is 9. The summed E-state index contributed by atoms with van der Waals surface area (Å²) in [6, 6.07) is 6.92. The van der Waals surface area contributed by atoms with Crippen LogP contribution in [0.3, 0.4) is 0 Å². The molecular weight excluding hydrogens is 304 g/mol. The number of aliphatic hydroxyl groups excluding tert-OH is 1. The molecule has 1 aromatic carbocycles. The van der Waals surface area contributed by atoms with Crippen LogP contribution in [0.4, 0.5) is 0 Å². The Morgan fingerprint density at radius 3 is 2.80 bits per heavy atom. The van der Waals surface area contributed by atoms with Gasteiger partial charge in [-0.15, -0.1) is 0 Å². The molecule has 0 aliphatic heterocycles. The van der Waals surface area contributed by atoms with E-state index < -0.39 is 16.1 Å². The van der Waals surface area contributed by atoms with E-state index in [4.69, 9.17) is 16.3 Å². The smallest absolute Gasteiger partial charge is 0.208 e. The Balaban J connectivity index is 2.13. The Morgan fingerprint density at radius 1 is 1.40 bits per heavy atom. The number of aliphatic hydroxyl groups is 1. The first-order chi connectivity index (χ1) is 9.37. The lowest BCUT2D eigenvalue weighted by molar-refractivity contribution is 0.107. The molecule has 8 heteroatoms. The summed E-state index contributed by atoms with van der Waals surface area (Å²) < 4.78 is 29.3. The van der Waals surface area contributed by atoms with Gasteiger partial charge in [-0.05, 0) is 18.2 Å². The van der Waals surface area contributed by atoms with Gasteiger partial charge in [0.1, 0.15) is 18.5 Å². The standard InChI is InChI=1S/C12H19ClN2O4S/c1-20(17,18)15-6-5-14-8-11(16)9-19-12-4-2-3-10(13)7-12/h2-4,7,11,14-16H,5-6,8-9H2,1H3. The Bertz CT molecular complexity index is 510. The van der Waals surface area contributed by atoms with Gasteiger partial charge in [0.25, 0.3) is 0 Å². The van der Waals surface area contributed by atoms with E-state index >= 15 is 0 Å². The van der Waals surface area contributed by atoms with E-state index in [1.807, 2.05) is 0 Å². The van der Waals surface area contributed by atoms with Crippen LogP contribution in [-0.2, 0) is 10.0 Å². The van der Waals surface area contributed by atoms with Gasteiger partial charge in [-0.3, -0.25) is 0 Å². The van der Waals surface area contributed by atoms with E-state index in [1.54, 1.807) is 24.3 Å². The lowest BCUT2D eigenvalue weighted by Crippen LogP contribution is -2.36. The largest absolute Gasteiger partial charge is 0.491 e. The average Bonchev–Trinajstić information content (AvgIpc) is 2.35. The molecule has 20 heavy (non-hydrogen) atoms. The van der Waals surface area contributed by atoms with Gasteiger partial charge in [-0.25, -0.2) is 13.1 Å². The van der Waals surface area contributed by atoms with Crippen molar-refractivity contribution in [3.8, 4) is 5.75 Å². The van der Waals surface area contributed by atoms with Crippen LogP contribution >= 0.6 is 11.6 Å². The summed E-state index contributed by atoms with van der Waals surface area (Å²) in [5.74, 6) is 0.593. The second kappa shape index (κ2) is 8.43. The highest BCUT2D eigenvalue weighted by Gasteiger charge is 2.05. The molecule has 0 bridgehead atoms.